The van der Waals surface area contributed by atoms with Crippen LogP contribution in [0.25, 0.3) is 10.9 Å². The van der Waals surface area contributed by atoms with Gasteiger partial charge in [-0.3, -0.25) is 0 Å². The van der Waals surface area contributed by atoms with Crippen molar-refractivity contribution in [2.75, 3.05) is 13.2 Å². The van der Waals surface area contributed by atoms with Crippen molar-refractivity contribution in [3.8, 4) is 0 Å². The Morgan fingerprint density at radius 1 is 1.32 bits per heavy atom. The molecule has 1 fully saturated rings. The Morgan fingerprint density at radius 3 is 2.79 bits per heavy atom. The van der Waals surface area contributed by atoms with Gasteiger partial charge in [-0.1, -0.05) is 24.6 Å². The van der Waals surface area contributed by atoms with Gasteiger partial charge in [0, 0.05) is 49.3 Å². The van der Waals surface area contributed by atoms with Crippen LogP contribution < -0.4 is 5.32 Å². The highest BCUT2D eigenvalue weighted by molar-refractivity contribution is 5.83. The summed E-state index contributed by atoms with van der Waals surface area (Å²) in [5, 5.41) is 14.3. The van der Waals surface area contributed by atoms with E-state index in [9.17, 15) is 5.11 Å². The fourth-order valence-corrected chi connectivity index (χ4v) is 3.10. The lowest BCUT2D eigenvalue weighted by Gasteiger charge is -2.40. The number of aryl methyl sites for hydroxylation is 1. The average Bonchev–Trinajstić information content (AvgIpc) is 2.71. The van der Waals surface area contributed by atoms with Crippen molar-refractivity contribution in [2.24, 2.45) is 12.5 Å². The molecule has 0 saturated heterocycles. The average molecular weight is 258 g/mol. The molecule has 0 unspecified atom stereocenters. The third kappa shape index (κ3) is 2.28. The van der Waals surface area contributed by atoms with Crippen LogP contribution >= 0.6 is 0 Å². The summed E-state index contributed by atoms with van der Waals surface area (Å²) >= 11 is 0. The molecule has 0 amide bonds. The molecule has 1 aromatic heterocycles. The summed E-state index contributed by atoms with van der Waals surface area (Å²) in [6.07, 6.45) is 5.78. The van der Waals surface area contributed by atoms with Gasteiger partial charge < -0.3 is 15.0 Å². The largest absolute Gasteiger partial charge is 0.396 e. The van der Waals surface area contributed by atoms with E-state index < -0.39 is 0 Å². The summed E-state index contributed by atoms with van der Waals surface area (Å²) in [6.45, 7) is 2.12. The number of aliphatic hydroxyl groups excluding tert-OH is 1. The lowest BCUT2D eigenvalue weighted by molar-refractivity contribution is 0.0445. The molecule has 0 bridgehead atoms. The molecule has 1 saturated carbocycles. The molecular formula is C16H22N2O. The number of hydrogen-bond acceptors (Lipinski definition) is 2. The normalized spacial score (nSPS) is 17.6. The molecule has 1 aromatic carbocycles. The Kier molecular flexibility index (Phi) is 3.33. The minimum Gasteiger partial charge on any atom is -0.396 e. The van der Waals surface area contributed by atoms with Crippen LogP contribution in [0.3, 0.4) is 0 Å². The van der Waals surface area contributed by atoms with Crippen LogP contribution in [-0.2, 0) is 13.6 Å². The number of nitrogens with one attached hydrogen (secondary N) is 1. The molecule has 19 heavy (non-hydrogen) atoms. The van der Waals surface area contributed by atoms with E-state index in [4.69, 9.17) is 0 Å². The van der Waals surface area contributed by atoms with Crippen molar-refractivity contribution in [2.45, 2.75) is 25.8 Å². The fraction of sp³-hybridized carbons (Fsp3) is 0.500. The van der Waals surface area contributed by atoms with Crippen molar-refractivity contribution in [1.29, 1.82) is 0 Å². The first-order valence-electron chi connectivity index (χ1n) is 7.09. The molecule has 0 atom stereocenters. The van der Waals surface area contributed by atoms with Crippen molar-refractivity contribution >= 4 is 10.9 Å². The molecule has 0 spiro atoms. The van der Waals surface area contributed by atoms with Gasteiger partial charge in [0.05, 0.1) is 0 Å². The summed E-state index contributed by atoms with van der Waals surface area (Å²) in [4.78, 5) is 0. The van der Waals surface area contributed by atoms with Gasteiger partial charge in [0.15, 0.2) is 0 Å². The standard InChI is InChI=1S/C16H22N2O/c1-18-10-13(14-5-2-3-6-15(14)18)9-17-11-16(12-19)7-4-8-16/h2-3,5-6,10,17,19H,4,7-9,11-12H2,1H3. The van der Waals surface area contributed by atoms with E-state index in [-0.39, 0.29) is 5.41 Å². The van der Waals surface area contributed by atoms with E-state index >= 15 is 0 Å². The predicted octanol–water partition coefficient (Wildman–Crippen LogP) is 2.43. The SMILES string of the molecule is Cn1cc(CNCC2(CO)CCC2)c2ccccc21. The Bertz CT molecular complexity index is 564. The monoisotopic (exact) mass is 258 g/mol. The number of aromatic nitrogens is 1. The van der Waals surface area contributed by atoms with Crippen molar-refractivity contribution in [1.82, 2.24) is 9.88 Å². The van der Waals surface area contributed by atoms with Crippen LogP contribution in [-0.4, -0.2) is 22.8 Å². The lowest BCUT2D eigenvalue weighted by Crippen LogP contribution is -2.42. The van der Waals surface area contributed by atoms with Gasteiger partial charge >= 0.3 is 0 Å². The highest BCUT2D eigenvalue weighted by atomic mass is 16.3. The second-order valence-electron chi connectivity index (χ2n) is 5.90. The zero-order chi connectivity index (χ0) is 13.3. The van der Waals surface area contributed by atoms with Gasteiger partial charge in [0.25, 0.3) is 0 Å². The summed E-state index contributed by atoms with van der Waals surface area (Å²) in [6, 6.07) is 8.50. The minimum absolute atomic E-state index is 0.157. The number of hydrogen-bond donors (Lipinski definition) is 2. The number of fused-ring (bicyclic) bond motifs is 1. The fourth-order valence-electron chi connectivity index (χ4n) is 3.10. The summed E-state index contributed by atoms with van der Waals surface area (Å²) < 4.78 is 2.18. The molecule has 102 valence electrons. The van der Waals surface area contributed by atoms with E-state index in [1.165, 1.54) is 22.9 Å². The number of aliphatic hydroxyl groups is 1. The number of benzene rings is 1. The molecule has 3 heteroatoms. The highest BCUT2D eigenvalue weighted by Gasteiger charge is 2.35. The molecule has 1 aliphatic carbocycles. The van der Waals surface area contributed by atoms with Crippen LogP contribution in [0.2, 0.25) is 0 Å². The minimum atomic E-state index is 0.157. The zero-order valence-electron chi connectivity index (χ0n) is 11.5. The van der Waals surface area contributed by atoms with E-state index in [1.54, 1.807) is 0 Å². The Balaban J connectivity index is 1.69. The van der Waals surface area contributed by atoms with Crippen LogP contribution in [0.1, 0.15) is 24.8 Å². The van der Waals surface area contributed by atoms with Crippen molar-refractivity contribution in [3.05, 3.63) is 36.0 Å². The van der Waals surface area contributed by atoms with E-state index in [1.807, 2.05) is 0 Å². The second-order valence-corrected chi connectivity index (χ2v) is 5.90. The lowest BCUT2D eigenvalue weighted by atomic mass is 9.69. The summed E-state index contributed by atoms with van der Waals surface area (Å²) in [5.41, 5.74) is 2.77. The Hall–Kier alpha value is -1.32. The molecular weight excluding hydrogens is 236 g/mol. The Morgan fingerprint density at radius 2 is 2.11 bits per heavy atom. The Labute approximate surface area is 114 Å². The van der Waals surface area contributed by atoms with Gasteiger partial charge in [0.1, 0.15) is 0 Å². The van der Waals surface area contributed by atoms with Crippen molar-refractivity contribution in [3.63, 3.8) is 0 Å². The molecule has 3 rings (SSSR count). The van der Waals surface area contributed by atoms with Crippen LogP contribution in [0.5, 0.6) is 0 Å². The molecule has 1 heterocycles. The van der Waals surface area contributed by atoms with Crippen LogP contribution in [0.15, 0.2) is 30.5 Å². The second kappa shape index (κ2) is 4.99. The van der Waals surface area contributed by atoms with Gasteiger partial charge in [-0.15, -0.1) is 0 Å². The van der Waals surface area contributed by atoms with Crippen molar-refractivity contribution < 1.29 is 5.11 Å². The molecule has 0 aliphatic heterocycles. The van der Waals surface area contributed by atoms with E-state index in [0.29, 0.717) is 6.61 Å². The van der Waals surface area contributed by atoms with Gasteiger partial charge in [-0.05, 0) is 24.5 Å². The maximum absolute atomic E-state index is 9.47. The molecule has 3 nitrogen and oxygen atoms in total. The molecule has 2 aromatic rings. The van der Waals surface area contributed by atoms with Gasteiger partial charge in [0.2, 0.25) is 0 Å². The highest BCUT2D eigenvalue weighted by Crippen LogP contribution is 2.39. The molecule has 2 N–H and O–H groups in total. The third-order valence-corrected chi connectivity index (χ3v) is 4.54. The first-order chi connectivity index (χ1) is 9.24. The number of para-hydroxylation sites is 1. The topological polar surface area (TPSA) is 37.2 Å². The van der Waals surface area contributed by atoms with Crippen LogP contribution in [0, 0.1) is 5.41 Å². The van der Waals surface area contributed by atoms with E-state index in [0.717, 1.165) is 25.9 Å². The van der Waals surface area contributed by atoms with Gasteiger partial charge in [-0.2, -0.15) is 0 Å². The number of rotatable bonds is 5. The first-order valence-corrected chi connectivity index (χ1v) is 7.09. The first kappa shape index (κ1) is 12.7. The van der Waals surface area contributed by atoms with E-state index in [2.05, 4.69) is 47.4 Å². The predicted molar refractivity (Wildman–Crippen MR) is 78.0 cm³/mol. The summed E-state index contributed by atoms with van der Waals surface area (Å²) in [5.74, 6) is 0. The summed E-state index contributed by atoms with van der Waals surface area (Å²) in [7, 11) is 2.09. The van der Waals surface area contributed by atoms with Gasteiger partial charge in [-0.25, -0.2) is 0 Å². The quantitative estimate of drug-likeness (QED) is 0.864. The smallest absolute Gasteiger partial charge is 0.0499 e. The number of nitrogens with zero attached hydrogens (tertiary/aromatic N) is 1. The third-order valence-electron chi connectivity index (χ3n) is 4.54. The molecule has 0 radical (unpaired) electrons. The maximum atomic E-state index is 9.47. The maximum Gasteiger partial charge on any atom is 0.0499 e. The molecule has 1 aliphatic rings. The zero-order valence-corrected chi connectivity index (χ0v) is 11.5. The van der Waals surface area contributed by atoms with Crippen LogP contribution in [0.4, 0.5) is 0 Å².